The number of aliphatic hydroxyl groups is 1. The summed E-state index contributed by atoms with van der Waals surface area (Å²) >= 11 is 0. The van der Waals surface area contributed by atoms with Crippen molar-refractivity contribution in [1.82, 2.24) is 0 Å². The van der Waals surface area contributed by atoms with E-state index in [0.717, 1.165) is 19.3 Å². The van der Waals surface area contributed by atoms with Gasteiger partial charge < -0.3 is 14.6 Å². The molecule has 0 saturated heterocycles. The predicted molar refractivity (Wildman–Crippen MR) is 50.8 cm³/mol. The van der Waals surface area contributed by atoms with Gasteiger partial charge in [0, 0.05) is 12.5 Å². The Balaban J connectivity index is 2.69. The van der Waals surface area contributed by atoms with Crippen molar-refractivity contribution in [3.05, 3.63) is 0 Å². The van der Waals surface area contributed by atoms with Crippen LogP contribution in [0.4, 0.5) is 0 Å². The quantitative estimate of drug-likeness (QED) is 0.668. The van der Waals surface area contributed by atoms with E-state index in [4.69, 9.17) is 4.74 Å². The van der Waals surface area contributed by atoms with Crippen LogP contribution in [0, 0.1) is 5.41 Å². The van der Waals surface area contributed by atoms with Crippen molar-refractivity contribution in [3.63, 3.8) is 0 Å². The zero-order valence-corrected chi connectivity index (χ0v) is 8.95. The van der Waals surface area contributed by atoms with Crippen LogP contribution in [0.15, 0.2) is 0 Å². The molecular weight excluding hydrogens is 184 g/mol. The maximum atomic E-state index is 11.2. The minimum atomic E-state index is -1.04. The van der Waals surface area contributed by atoms with Crippen molar-refractivity contribution in [2.45, 2.75) is 38.4 Å². The van der Waals surface area contributed by atoms with Crippen molar-refractivity contribution in [2.24, 2.45) is 5.41 Å². The van der Waals surface area contributed by atoms with Gasteiger partial charge >= 0.3 is 5.97 Å². The van der Waals surface area contributed by atoms with E-state index >= 15 is 0 Å². The summed E-state index contributed by atoms with van der Waals surface area (Å²) in [5.41, 5.74) is -0.392. The fourth-order valence-corrected chi connectivity index (χ4v) is 2.07. The van der Waals surface area contributed by atoms with E-state index in [1.54, 1.807) is 7.11 Å². The third-order valence-electron chi connectivity index (χ3n) is 3.09. The van der Waals surface area contributed by atoms with Gasteiger partial charge in [0.05, 0.1) is 13.2 Å². The van der Waals surface area contributed by atoms with E-state index < -0.39 is 17.5 Å². The highest BCUT2D eigenvalue weighted by Crippen LogP contribution is 2.53. The van der Waals surface area contributed by atoms with Gasteiger partial charge in [-0.25, -0.2) is 4.79 Å². The van der Waals surface area contributed by atoms with Gasteiger partial charge in [0.15, 0.2) is 6.10 Å². The Morgan fingerprint density at radius 2 is 2.07 bits per heavy atom. The van der Waals surface area contributed by atoms with Crippen LogP contribution in [0.5, 0.6) is 0 Å². The Hall–Kier alpha value is -0.610. The van der Waals surface area contributed by atoms with E-state index in [9.17, 15) is 9.90 Å². The van der Waals surface area contributed by atoms with Gasteiger partial charge in [-0.2, -0.15) is 0 Å². The summed E-state index contributed by atoms with van der Waals surface area (Å²) in [5, 5.41) is 9.79. The average molecular weight is 202 g/mol. The van der Waals surface area contributed by atoms with E-state index in [1.165, 1.54) is 7.11 Å². The third-order valence-corrected chi connectivity index (χ3v) is 3.09. The van der Waals surface area contributed by atoms with Crippen LogP contribution in [-0.4, -0.2) is 37.5 Å². The van der Waals surface area contributed by atoms with Crippen LogP contribution in [0.3, 0.4) is 0 Å². The fourth-order valence-electron chi connectivity index (χ4n) is 2.07. The van der Waals surface area contributed by atoms with E-state index in [0.29, 0.717) is 0 Å². The Labute approximate surface area is 84.2 Å². The van der Waals surface area contributed by atoms with Gasteiger partial charge in [0.25, 0.3) is 0 Å². The smallest absolute Gasteiger partial charge is 0.335 e. The van der Waals surface area contributed by atoms with Gasteiger partial charge in [-0.1, -0.05) is 6.92 Å². The molecule has 4 heteroatoms. The van der Waals surface area contributed by atoms with Gasteiger partial charge in [-0.05, 0) is 19.3 Å². The number of hydrogen-bond donors (Lipinski definition) is 1. The normalized spacial score (nSPS) is 22.6. The fraction of sp³-hybridized carbons (Fsp3) is 0.900. The predicted octanol–water partition coefficient (Wildman–Crippen LogP) is 0.725. The van der Waals surface area contributed by atoms with E-state index in [2.05, 4.69) is 4.74 Å². The maximum Gasteiger partial charge on any atom is 0.335 e. The van der Waals surface area contributed by atoms with Crippen LogP contribution in [0.2, 0.25) is 0 Å². The number of esters is 1. The molecule has 4 nitrogen and oxygen atoms in total. The largest absolute Gasteiger partial charge is 0.467 e. The van der Waals surface area contributed by atoms with Crippen molar-refractivity contribution in [1.29, 1.82) is 0 Å². The maximum absolute atomic E-state index is 11.2. The number of hydrogen-bond acceptors (Lipinski definition) is 4. The summed E-state index contributed by atoms with van der Waals surface area (Å²) in [6.45, 7) is 1.98. The lowest BCUT2D eigenvalue weighted by atomic mass is 9.90. The second-order valence-electron chi connectivity index (χ2n) is 3.79. The minimum Gasteiger partial charge on any atom is -0.467 e. The molecule has 0 aromatic rings. The number of ether oxygens (including phenoxy) is 2. The van der Waals surface area contributed by atoms with Crippen LogP contribution in [0.25, 0.3) is 0 Å². The first-order valence-electron chi connectivity index (χ1n) is 4.91. The van der Waals surface area contributed by atoms with Crippen molar-refractivity contribution in [3.8, 4) is 0 Å². The minimum absolute atomic E-state index is 0.0587. The third kappa shape index (κ3) is 1.77. The molecule has 1 aliphatic rings. The lowest BCUT2D eigenvalue weighted by molar-refractivity contribution is -0.158. The van der Waals surface area contributed by atoms with Crippen molar-refractivity contribution >= 4 is 5.97 Å². The highest BCUT2D eigenvalue weighted by molar-refractivity contribution is 5.76. The first kappa shape index (κ1) is 11.5. The van der Waals surface area contributed by atoms with E-state index in [1.807, 2.05) is 6.92 Å². The highest BCUT2D eigenvalue weighted by Gasteiger charge is 2.57. The first-order chi connectivity index (χ1) is 6.62. The number of carbonyl (C=O) groups excluding carboxylic acids is 1. The SMILES string of the molecule is CCC(OC)C1(C(O)C(=O)OC)CC1. The molecule has 2 unspecified atom stereocenters. The highest BCUT2D eigenvalue weighted by atomic mass is 16.5. The summed E-state index contributed by atoms with van der Waals surface area (Å²) in [6, 6.07) is 0. The van der Waals surface area contributed by atoms with Crippen molar-refractivity contribution in [2.75, 3.05) is 14.2 Å². The summed E-state index contributed by atoms with van der Waals surface area (Å²) in [4.78, 5) is 11.2. The van der Waals surface area contributed by atoms with Gasteiger partial charge in [0.1, 0.15) is 0 Å². The summed E-state index contributed by atoms with van der Waals surface area (Å²) in [5.74, 6) is -0.557. The standard InChI is InChI=1S/C10H18O4/c1-4-7(13-2)10(5-6-10)8(11)9(12)14-3/h7-8,11H,4-6H2,1-3H3. The first-order valence-corrected chi connectivity index (χ1v) is 4.91. The molecular formula is C10H18O4. The van der Waals surface area contributed by atoms with Crippen LogP contribution in [0.1, 0.15) is 26.2 Å². The molecule has 1 rings (SSSR count). The lowest BCUT2D eigenvalue weighted by Crippen LogP contribution is -2.40. The Kier molecular flexibility index (Phi) is 3.50. The Morgan fingerprint density at radius 1 is 1.50 bits per heavy atom. The average Bonchev–Trinajstić information content (AvgIpc) is 2.99. The van der Waals surface area contributed by atoms with Crippen LogP contribution in [-0.2, 0) is 14.3 Å². The van der Waals surface area contributed by atoms with E-state index in [-0.39, 0.29) is 6.10 Å². The van der Waals surface area contributed by atoms with Crippen LogP contribution >= 0.6 is 0 Å². The molecule has 0 radical (unpaired) electrons. The number of aliphatic hydroxyl groups excluding tert-OH is 1. The topological polar surface area (TPSA) is 55.8 Å². The second-order valence-corrected chi connectivity index (χ2v) is 3.79. The molecule has 0 aromatic carbocycles. The number of methoxy groups -OCH3 is 2. The summed E-state index contributed by atoms with van der Waals surface area (Å²) in [7, 11) is 2.90. The molecule has 0 aliphatic heterocycles. The molecule has 1 aliphatic carbocycles. The molecule has 82 valence electrons. The van der Waals surface area contributed by atoms with Crippen molar-refractivity contribution < 1.29 is 19.4 Å². The monoisotopic (exact) mass is 202 g/mol. The van der Waals surface area contributed by atoms with Gasteiger partial charge in [-0.15, -0.1) is 0 Å². The van der Waals surface area contributed by atoms with Crippen LogP contribution < -0.4 is 0 Å². The molecule has 1 fully saturated rings. The second kappa shape index (κ2) is 4.28. The molecule has 0 spiro atoms. The zero-order valence-electron chi connectivity index (χ0n) is 8.95. The molecule has 0 aromatic heterocycles. The Morgan fingerprint density at radius 3 is 2.36 bits per heavy atom. The summed E-state index contributed by atoms with van der Waals surface area (Å²) < 4.78 is 9.81. The summed E-state index contributed by atoms with van der Waals surface area (Å²) in [6.07, 6.45) is 1.35. The number of rotatable bonds is 5. The van der Waals surface area contributed by atoms with Gasteiger partial charge in [0.2, 0.25) is 0 Å². The molecule has 2 atom stereocenters. The molecule has 14 heavy (non-hydrogen) atoms. The molecule has 0 heterocycles. The zero-order chi connectivity index (χ0) is 10.8. The Bertz CT molecular complexity index is 206. The number of carbonyl (C=O) groups is 1. The molecule has 0 amide bonds. The molecule has 0 bridgehead atoms. The molecule has 1 N–H and O–H groups in total. The van der Waals surface area contributed by atoms with Gasteiger partial charge in [-0.3, -0.25) is 0 Å². The molecule has 1 saturated carbocycles. The lowest BCUT2D eigenvalue weighted by Gasteiger charge is -2.27.